The monoisotopic (exact) mass is 288 g/mol. The standard InChI is InChI=1S/C8H11F3N2O2S2/c1-12-4-6-7(2-3-16-6)17(14,15)13-5-8(9,10)11/h2-3,12-13H,4-5H2,1H3. The third-order valence-electron chi connectivity index (χ3n) is 1.79. The molecule has 1 heterocycles. The molecular weight excluding hydrogens is 277 g/mol. The lowest BCUT2D eigenvalue weighted by Crippen LogP contribution is -2.34. The molecule has 0 amide bonds. The molecule has 0 spiro atoms. The van der Waals surface area contributed by atoms with Crippen molar-refractivity contribution in [3.8, 4) is 0 Å². The number of thiophene rings is 1. The van der Waals surface area contributed by atoms with Crippen molar-refractivity contribution in [1.82, 2.24) is 10.0 Å². The smallest absolute Gasteiger partial charge is 0.315 e. The summed E-state index contributed by atoms with van der Waals surface area (Å²) in [6.45, 7) is -1.27. The third kappa shape index (κ3) is 4.26. The van der Waals surface area contributed by atoms with Crippen molar-refractivity contribution in [3.63, 3.8) is 0 Å². The van der Waals surface area contributed by atoms with Gasteiger partial charge in [-0.25, -0.2) is 13.1 Å². The molecule has 0 fully saturated rings. The molecule has 0 unspecified atom stereocenters. The second-order valence-corrected chi connectivity index (χ2v) is 5.91. The fourth-order valence-corrected chi connectivity index (χ4v) is 3.58. The van der Waals surface area contributed by atoms with Gasteiger partial charge in [0.15, 0.2) is 0 Å². The molecule has 0 radical (unpaired) electrons. The Balaban J connectivity index is 2.86. The van der Waals surface area contributed by atoms with Crippen LogP contribution in [0.25, 0.3) is 0 Å². The molecule has 9 heteroatoms. The van der Waals surface area contributed by atoms with Crippen LogP contribution < -0.4 is 10.0 Å². The molecule has 0 aromatic carbocycles. The Morgan fingerprint density at radius 1 is 1.41 bits per heavy atom. The molecule has 0 aliphatic carbocycles. The van der Waals surface area contributed by atoms with Gasteiger partial charge in [-0.3, -0.25) is 0 Å². The van der Waals surface area contributed by atoms with Crippen LogP contribution in [0, 0.1) is 0 Å². The minimum Gasteiger partial charge on any atom is -0.315 e. The number of nitrogens with one attached hydrogen (secondary N) is 2. The summed E-state index contributed by atoms with van der Waals surface area (Å²) in [6, 6.07) is 1.29. The van der Waals surface area contributed by atoms with Gasteiger partial charge in [0.25, 0.3) is 0 Å². The summed E-state index contributed by atoms with van der Waals surface area (Å²) in [5.41, 5.74) is 0. The minimum atomic E-state index is -4.56. The Morgan fingerprint density at radius 2 is 2.06 bits per heavy atom. The van der Waals surface area contributed by atoms with E-state index < -0.39 is 22.7 Å². The highest BCUT2D eigenvalue weighted by Gasteiger charge is 2.30. The number of halogens is 3. The number of hydrogen-bond donors (Lipinski definition) is 2. The highest BCUT2D eigenvalue weighted by Crippen LogP contribution is 2.22. The zero-order chi connectivity index (χ0) is 13.1. The van der Waals surface area contributed by atoms with Crippen LogP contribution in [0.5, 0.6) is 0 Å². The van der Waals surface area contributed by atoms with Crippen LogP contribution in [0.15, 0.2) is 16.3 Å². The first-order valence-electron chi connectivity index (χ1n) is 4.53. The predicted molar refractivity (Wildman–Crippen MR) is 58.3 cm³/mol. The number of sulfonamides is 1. The minimum absolute atomic E-state index is 0.110. The first-order valence-corrected chi connectivity index (χ1v) is 6.90. The van der Waals surface area contributed by atoms with E-state index in [9.17, 15) is 21.6 Å². The van der Waals surface area contributed by atoms with Crippen LogP contribution in [-0.4, -0.2) is 28.2 Å². The maximum Gasteiger partial charge on any atom is 0.402 e. The summed E-state index contributed by atoms with van der Waals surface area (Å²) >= 11 is 1.17. The van der Waals surface area contributed by atoms with E-state index in [4.69, 9.17) is 0 Å². The van der Waals surface area contributed by atoms with Gasteiger partial charge in [0.05, 0.1) is 4.90 Å². The molecule has 1 aromatic rings. The average molecular weight is 288 g/mol. The molecule has 0 aliphatic rings. The molecule has 1 rings (SSSR count). The van der Waals surface area contributed by atoms with E-state index in [-0.39, 0.29) is 4.90 Å². The fraction of sp³-hybridized carbons (Fsp3) is 0.500. The topological polar surface area (TPSA) is 58.2 Å². The van der Waals surface area contributed by atoms with Gasteiger partial charge >= 0.3 is 6.18 Å². The summed E-state index contributed by atoms with van der Waals surface area (Å²) < 4.78 is 60.6. The second kappa shape index (κ2) is 5.34. The highest BCUT2D eigenvalue weighted by atomic mass is 32.2. The van der Waals surface area contributed by atoms with Crippen molar-refractivity contribution in [2.75, 3.05) is 13.6 Å². The van der Waals surface area contributed by atoms with Crippen LogP contribution in [-0.2, 0) is 16.6 Å². The quantitative estimate of drug-likeness (QED) is 0.859. The highest BCUT2D eigenvalue weighted by molar-refractivity contribution is 7.89. The Morgan fingerprint density at radius 3 is 2.59 bits per heavy atom. The van der Waals surface area contributed by atoms with Gasteiger partial charge < -0.3 is 5.32 Å². The van der Waals surface area contributed by atoms with Crippen LogP contribution in [0.1, 0.15) is 4.88 Å². The Labute approximate surface area is 101 Å². The molecule has 98 valence electrons. The van der Waals surface area contributed by atoms with E-state index in [0.717, 1.165) is 0 Å². The summed E-state index contributed by atoms with van der Waals surface area (Å²) in [4.78, 5) is 0.364. The number of rotatable bonds is 5. The molecule has 0 saturated heterocycles. The molecule has 17 heavy (non-hydrogen) atoms. The lowest BCUT2D eigenvalue weighted by molar-refractivity contribution is -0.121. The van der Waals surface area contributed by atoms with Crippen molar-refractivity contribution in [3.05, 3.63) is 16.3 Å². The average Bonchev–Trinajstić information content (AvgIpc) is 2.63. The van der Waals surface area contributed by atoms with Crippen molar-refractivity contribution in [1.29, 1.82) is 0 Å². The molecular formula is C8H11F3N2O2S2. The van der Waals surface area contributed by atoms with Crippen molar-refractivity contribution in [2.24, 2.45) is 0 Å². The van der Waals surface area contributed by atoms with E-state index in [2.05, 4.69) is 5.32 Å². The molecule has 0 bridgehead atoms. The lowest BCUT2D eigenvalue weighted by Gasteiger charge is -2.09. The van der Waals surface area contributed by atoms with E-state index in [0.29, 0.717) is 11.4 Å². The summed E-state index contributed by atoms with van der Waals surface area (Å²) in [5.74, 6) is 0. The summed E-state index contributed by atoms with van der Waals surface area (Å²) in [6.07, 6.45) is -4.56. The largest absolute Gasteiger partial charge is 0.402 e. The zero-order valence-corrected chi connectivity index (χ0v) is 10.5. The fourth-order valence-electron chi connectivity index (χ4n) is 1.11. The van der Waals surface area contributed by atoms with Crippen molar-refractivity contribution in [2.45, 2.75) is 17.6 Å². The third-order valence-corrected chi connectivity index (χ3v) is 4.33. The molecule has 0 saturated carbocycles. The van der Waals surface area contributed by atoms with Crippen molar-refractivity contribution < 1.29 is 21.6 Å². The Hall–Kier alpha value is -0.640. The first-order chi connectivity index (χ1) is 7.76. The molecule has 0 atom stereocenters. The molecule has 0 aliphatic heterocycles. The van der Waals surface area contributed by atoms with E-state index in [1.165, 1.54) is 27.5 Å². The van der Waals surface area contributed by atoms with Gasteiger partial charge in [0.1, 0.15) is 6.54 Å². The maximum absolute atomic E-state index is 11.9. The second-order valence-electron chi connectivity index (χ2n) is 3.18. The number of alkyl halides is 3. The van der Waals surface area contributed by atoms with Gasteiger partial charge in [0, 0.05) is 11.4 Å². The van der Waals surface area contributed by atoms with Crippen molar-refractivity contribution >= 4 is 21.4 Å². The predicted octanol–water partition coefficient (Wildman–Crippen LogP) is 1.31. The first kappa shape index (κ1) is 14.4. The summed E-state index contributed by atoms with van der Waals surface area (Å²) in [5, 5.41) is 4.27. The van der Waals surface area contributed by atoms with E-state index >= 15 is 0 Å². The maximum atomic E-state index is 11.9. The van der Waals surface area contributed by atoms with Gasteiger partial charge in [-0.1, -0.05) is 0 Å². The van der Waals surface area contributed by atoms with Crippen LogP contribution in [0.2, 0.25) is 0 Å². The summed E-state index contributed by atoms with van der Waals surface area (Å²) in [7, 11) is -2.48. The van der Waals surface area contributed by atoms with Gasteiger partial charge in [-0.15, -0.1) is 11.3 Å². The van der Waals surface area contributed by atoms with Gasteiger partial charge in [-0.2, -0.15) is 13.2 Å². The van der Waals surface area contributed by atoms with Crippen LogP contribution >= 0.6 is 11.3 Å². The van der Waals surface area contributed by atoms with Gasteiger partial charge in [-0.05, 0) is 18.5 Å². The van der Waals surface area contributed by atoms with E-state index in [1.54, 1.807) is 7.05 Å². The van der Waals surface area contributed by atoms with Gasteiger partial charge in [0.2, 0.25) is 10.0 Å². The molecule has 2 N–H and O–H groups in total. The zero-order valence-electron chi connectivity index (χ0n) is 8.84. The lowest BCUT2D eigenvalue weighted by atomic mass is 10.5. The molecule has 1 aromatic heterocycles. The van der Waals surface area contributed by atoms with E-state index in [1.807, 2.05) is 0 Å². The SMILES string of the molecule is CNCc1sccc1S(=O)(=O)NCC(F)(F)F. The Bertz CT molecular complexity index is 467. The molecule has 4 nitrogen and oxygen atoms in total. The van der Waals surface area contributed by atoms with Crippen LogP contribution in [0.3, 0.4) is 0 Å². The van der Waals surface area contributed by atoms with Crippen LogP contribution in [0.4, 0.5) is 13.2 Å². The number of hydrogen-bond acceptors (Lipinski definition) is 4. The Kier molecular flexibility index (Phi) is 4.53. The normalized spacial score (nSPS) is 12.9.